The summed E-state index contributed by atoms with van der Waals surface area (Å²) in [7, 11) is 0. The number of likely N-dealkylation sites (N-methyl/N-ethyl adjacent to an activating group) is 1. The molecule has 0 aliphatic heterocycles. The fourth-order valence-electron chi connectivity index (χ4n) is 2.66. The maximum atomic E-state index is 13.5. The Morgan fingerprint density at radius 3 is 2.80 bits per heavy atom. The molecule has 0 aliphatic carbocycles. The van der Waals surface area contributed by atoms with E-state index in [1.165, 1.54) is 23.5 Å². The number of benzene rings is 1. The van der Waals surface area contributed by atoms with Gasteiger partial charge in [0.2, 0.25) is 5.91 Å². The number of carbonyl (C=O) groups excluding carboxylic acids is 2. The van der Waals surface area contributed by atoms with Gasteiger partial charge in [-0.25, -0.2) is 4.39 Å². The molecule has 0 fully saturated rings. The van der Waals surface area contributed by atoms with E-state index in [1.54, 1.807) is 12.1 Å². The van der Waals surface area contributed by atoms with Crippen molar-refractivity contribution in [1.29, 1.82) is 0 Å². The van der Waals surface area contributed by atoms with Crippen molar-refractivity contribution in [2.24, 2.45) is 0 Å². The first-order valence-electron chi connectivity index (χ1n) is 7.94. The van der Waals surface area contributed by atoms with Crippen molar-refractivity contribution in [3.8, 4) is 0 Å². The molecule has 2 aromatic heterocycles. The van der Waals surface area contributed by atoms with E-state index in [9.17, 15) is 14.0 Å². The van der Waals surface area contributed by atoms with Crippen LogP contribution in [-0.4, -0.2) is 29.5 Å². The van der Waals surface area contributed by atoms with Crippen molar-refractivity contribution in [2.75, 3.05) is 13.1 Å². The lowest BCUT2D eigenvalue weighted by Gasteiger charge is -2.11. The summed E-state index contributed by atoms with van der Waals surface area (Å²) in [5.74, 6) is -0.875. The summed E-state index contributed by atoms with van der Waals surface area (Å²) in [4.78, 5) is 24.1. The largest absolute Gasteiger partial charge is 0.355 e. The Bertz CT molecular complexity index is 916. The summed E-state index contributed by atoms with van der Waals surface area (Å²) in [5.41, 5.74) is 2.13. The van der Waals surface area contributed by atoms with Gasteiger partial charge in [0.25, 0.3) is 5.91 Å². The SMILES string of the molecule is CCNC(=O)CNC(=O)c1cc2sccc2n1Cc1cccc(F)c1. The Labute approximate surface area is 148 Å². The molecule has 0 spiro atoms. The molecule has 3 aromatic rings. The number of carbonyl (C=O) groups is 2. The van der Waals surface area contributed by atoms with Crippen molar-refractivity contribution in [3.63, 3.8) is 0 Å². The molecule has 130 valence electrons. The summed E-state index contributed by atoms with van der Waals surface area (Å²) in [6, 6.07) is 10.0. The van der Waals surface area contributed by atoms with Gasteiger partial charge < -0.3 is 15.2 Å². The molecule has 25 heavy (non-hydrogen) atoms. The van der Waals surface area contributed by atoms with Gasteiger partial charge in [-0.2, -0.15) is 0 Å². The van der Waals surface area contributed by atoms with Gasteiger partial charge in [0.05, 0.1) is 16.8 Å². The predicted molar refractivity (Wildman–Crippen MR) is 96.3 cm³/mol. The zero-order chi connectivity index (χ0) is 17.8. The summed E-state index contributed by atoms with van der Waals surface area (Å²) >= 11 is 1.53. The Morgan fingerprint density at radius 1 is 1.20 bits per heavy atom. The van der Waals surface area contributed by atoms with Crippen molar-refractivity contribution < 1.29 is 14.0 Å². The number of nitrogens with zero attached hydrogens (tertiary/aromatic N) is 1. The molecule has 2 N–H and O–H groups in total. The number of amides is 2. The number of hydrogen-bond acceptors (Lipinski definition) is 3. The van der Waals surface area contributed by atoms with E-state index in [-0.39, 0.29) is 24.2 Å². The minimum Gasteiger partial charge on any atom is -0.355 e. The highest BCUT2D eigenvalue weighted by Gasteiger charge is 2.17. The Kier molecular flexibility index (Phi) is 5.14. The third-order valence-corrected chi connectivity index (χ3v) is 4.62. The first-order chi connectivity index (χ1) is 12.1. The van der Waals surface area contributed by atoms with Gasteiger partial charge in [0.15, 0.2) is 0 Å². The van der Waals surface area contributed by atoms with Crippen LogP contribution < -0.4 is 10.6 Å². The number of fused-ring (bicyclic) bond motifs is 1. The van der Waals surface area contributed by atoms with E-state index in [0.29, 0.717) is 18.8 Å². The van der Waals surface area contributed by atoms with Crippen molar-refractivity contribution in [2.45, 2.75) is 13.5 Å². The predicted octanol–water partition coefficient (Wildman–Crippen LogP) is 2.76. The molecule has 0 saturated carbocycles. The van der Waals surface area contributed by atoms with Crippen LogP contribution in [0.15, 0.2) is 41.8 Å². The maximum absolute atomic E-state index is 13.5. The van der Waals surface area contributed by atoms with Crippen LogP contribution in [0.4, 0.5) is 4.39 Å². The normalized spacial score (nSPS) is 10.8. The van der Waals surface area contributed by atoms with Gasteiger partial charge in [-0.15, -0.1) is 11.3 Å². The molecule has 0 atom stereocenters. The zero-order valence-corrected chi connectivity index (χ0v) is 14.5. The van der Waals surface area contributed by atoms with E-state index in [2.05, 4.69) is 10.6 Å². The standard InChI is InChI=1S/C18H18FN3O2S/c1-2-20-17(23)10-21-18(24)15-9-16-14(6-7-25-16)22(15)11-12-4-3-5-13(19)8-12/h3-9H,2,10-11H2,1H3,(H,20,23)(H,21,24). The minimum absolute atomic E-state index is 0.0779. The number of hydrogen-bond donors (Lipinski definition) is 2. The summed E-state index contributed by atoms with van der Waals surface area (Å²) < 4.78 is 16.3. The number of aromatic nitrogens is 1. The second kappa shape index (κ2) is 7.48. The lowest BCUT2D eigenvalue weighted by molar-refractivity contribution is -0.120. The van der Waals surface area contributed by atoms with E-state index >= 15 is 0 Å². The quantitative estimate of drug-likeness (QED) is 0.711. The third kappa shape index (κ3) is 3.88. The monoisotopic (exact) mass is 359 g/mol. The van der Waals surface area contributed by atoms with E-state index in [4.69, 9.17) is 0 Å². The van der Waals surface area contributed by atoms with Gasteiger partial charge in [0.1, 0.15) is 11.5 Å². The highest BCUT2D eigenvalue weighted by atomic mass is 32.1. The molecule has 2 heterocycles. The minimum atomic E-state index is -0.328. The van der Waals surface area contributed by atoms with Crippen LogP contribution in [0.3, 0.4) is 0 Å². The average Bonchev–Trinajstić information content (AvgIpc) is 3.16. The topological polar surface area (TPSA) is 63.1 Å². The Morgan fingerprint density at radius 2 is 2.04 bits per heavy atom. The van der Waals surface area contributed by atoms with Gasteiger partial charge in [-0.05, 0) is 42.1 Å². The molecule has 0 unspecified atom stereocenters. The number of thiophene rings is 1. The van der Waals surface area contributed by atoms with Crippen molar-refractivity contribution >= 4 is 33.4 Å². The average molecular weight is 359 g/mol. The molecule has 1 aromatic carbocycles. The Hall–Kier alpha value is -2.67. The van der Waals surface area contributed by atoms with Crippen LogP contribution in [-0.2, 0) is 11.3 Å². The van der Waals surface area contributed by atoms with E-state index < -0.39 is 0 Å². The molecule has 7 heteroatoms. The van der Waals surface area contributed by atoms with Gasteiger partial charge in [0, 0.05) is 13.1 Å². The van der Waals surface area contributed by atoms with Crippen molar-refractivity contribution in [3.05, 3.63) is 58.9 Å². The van der Waals surface area contributed by atoms with Crippen LogP contribution >= 0.6 is 11.3 Å². The van der Waals surface area contributed by atoms with Gasteiger partial charge in [-0.3, -0.25) is 9.59 Å². The van der Waals surface area contributed by atoms with Gasteiger partial charge in [-0.1, -0.05) is 12.1 Å². The van der Waals surface area contributed by atoms with Crippen LogP contribution in [0, 0.1) is 5.82 Å². The van der Waals surface area contributed by atoms with Crippen LogP contribution in [0.25, 0.3) is 10.2 Å². The number of rotatable bonds is 6. The number of nitrogens with one attached hydrogen (secondary N) is 2. The lowest BCUT2D eigenvalue weighted by Crippen LogP contribution is -2.37. The fraction of sp³-hybridized carbons (Fsp3) is 0.222. The lowest BCUT2D eigenvalue weighted by atomic mass is 10.2. The summed E-state index contributed by atoms with van der Waals surface area (Å²) in [5, 5.41) is 7.21. The zero-order valence-electron chi connectivity index (χ0n) is 13.7. The van der Waals surface area contributed by atoms with Crippen LogP contribution in [0.1, 0.15) is 23.0 Å². The first kappa shape index (κ1) is 17.2. The fourth-order valence-corrected chi connectivity index (χ4v) is 3.49. The molecule has 3 rings (SSSR count). The molecular weight excluding hydrogens is 341 g/mol. The molecular formula is C18H18FN3O2S. The van der Waals surface area contributed by atoms with E-state index in [1.807, 2.05) is 29.0 Å². The first-order valence-corrected chi connectivity index (χ1v) is 8.82. The molecule has 0 bridgehead atoms. The molecule has 2 amide bonds. The highest BCUT2D eigenvalue weighted by Crippen LogP contribution is 2.26. The second-order valence-corrected chi connectivity index (χ2v) is 6.50. The number of halogens is 1. The van der Waals surface area contributed by atoms with E-state index in [0.717, 1.165) is 15.8 Å². The highest BCUT2D eigenvalue weighted by molar-refractivity contribution is 7.17. The van der Waals surface area contributed by atoms with Gasteiger partial charge >= 0.3 is 0 Å². The molecule has 0 aliphatic rings. The third-order valence-electron chi connectivity index (χ3n) is 3.77. The van der Waals surface area contributed by atoms with Crippen LogP contribution in [0.2, 0.25) is 0 Å². The second-order valence-electron chi connectivity index (χ2n) is 5.55. The summed E-state index contributed by atoms with van der Waals surface area (Å²) in [6.45, 7) is 2.63. The maximum Gasteiger partial charge on any atom is 0.268 e. The molecule has 5 nitrogen and oxygen atoms in total. The molecule has 0 saturated heterocycles. The molecule has 0 radical (unpaired) electrons. The Balaban J connectivity index is 1.86. The van der Waals surface area contributed by atoms with Crippen molar-refractivity contribution in [1.82, 2.24) is 15.2 Å². The smallest absolute Gasteiger partial charge is 0.268 e. The summed E-state index contributed by atoms with van der Waals surface area (Å²) in [6.07, 6.45) is 0. The van der Waals surface area contributed by atoms with Crippen LogP contribution in [0.5, 0.6) is 0 Å².